The number of nitro groups is 1. The molecule has 1 rings (SSSR count). The first kappa shape index (κ1) is 13.9. The van der Waals surface area contributed by atoms with Crippen LogP contribution in [0.15, 0.2) is 30.3 Å². The predicted molar refractivity (Wildman–Crippen MR) is 70.0 cm³/mol. The van der Waals surface area contributed by atoms with E-state index >= 15 is 0 Å². The second-order valence-corrected chi connectivity index (χ2v) is 4.92. The van der Waals surface area contributed by atoms with E-state index in [1.54, 1.807) is 18.2 Å². The average molecular weight is 248 g/mol. The van der Waals surface area contributed by atoms with Crippen molar-refractivity contribution in [1.82, 2.24) is 5.32 Å². The first-order valence-electron chi connectivity index (χ1n) is 5.52. The summed E-state index contributed by atoms with van der Waals surface area (Å²) < 4.78 is 0. The molecular formula is C13H16N2O3. The van der Waals surface area contributed by atoms with Crippen LogP contribution in [0.25, 0.3) is 6.08 Å². The number of rotatable bonds is 3. The molecule has 0 saturated carbocycles. The quantitative estimate of drug-likeness (QED) is 0.507. The summed E-state index contributed by atoms with van der Waals surface area (Å²) in [6.07, 6.45) is 3.03. The Hall–Kier alpha value is -2.17. The lowest BCUT2D eigenvalue weighted by Crippen LogP contribution is -2.39. The van der Waals surface area contributed by atoms with Crippen LogP contribution >= 0.6 is 0 Å². The highest BCUT2D eigenvalue weighted by Gasteiger charge is 2.11. The van der Waals surface area contributed by atoms with E-state index < -0.39 is 4.92 Å². The van der Waals surface area contributed by atoms with Gasteiger partial charge in [0.25, 0.3) is 5.69 Å². The van der Waals surface area contributed by atoms with E-state index in [1.807, 2.05) is 20.8 Å². The summed E-state index contributed by atoms with van der Waals surface area (Å²) >= 11 is 0. The maximum absolute atomic E-state index is 11.5. The molecule has 1 N–H and O–H groups in total. The van der Waals surface area contributed by atoms with Crippen molar-refractivity contribution in [2.45, 2.75) is 26.3 Å². The van der Waals surface area contributed by atoms with Crippen LogP contribution in [-0.2, 0) is 4.79 Å². The number of amides is 1. The number of non-ortho nitro benzene ring substituents is 1. The molecule has 0 bridgehead atoms. The molecule has 0 atom stereocenters. The fourth-order valence-electron chi connectivity index (χ4n) is 1.29. The Morgan fingerprint density at radius 3 is 2.28 bits per heavy atom. The summed E-state index contributed by atoms with van der Waals surface area (Å²) in [5.41, 5.74) is 0.493. The largest absolute Gasteiger partial charge is 0.348 e. The fraction of sp³-hybridized carbons (Fsp3) is 0.308. The first-order valence-corrected chi connectivity index (χ1v) is 5.52. The van der Waals surface area contributed by atoms with Crippen molar-refractivity contribution >= 4 is 17.7 Å². The van der Waals surface area contributed by atoms with Crippen molar-refractivity contribution in [3.05, 3.63) is 46.0 Å². The van der Waals surface area contributed by atoms with E-state index in [9.17, 15) is 14.9 Å². The zero-order valence-corrected chi connectivity index (χ0v) is 10.6. The number of carbonyl (C=O) groups excluding carboxylic acids is 1. The molecule has 0 saturated heterocycles. The van der Waals surface area contributed by atoms with Gasteiger partial charge in [-0.15, -0.1) is 0 Å². The van der Waals surface area contributed by atoms with Crippen LogP contribution < -0.4 is 5.32 Å². The van der Waals surface area contributed by atoms with Crippen molar-refractivity contribution < 1.29 is 9.72 Å². The maximum atomic E-state index is 11.5. The summed E-state index contributed by atoms with van der Waals surface area (Å²) in [4.78, 5) is 21.5. The van der Waals surface area contributed by atoms with Crippen molar-refractivity contribution in [2.75, 3.05) is 0 Å². The minimum atomic E-state index is -0.459. The first-order chi connectivity index (χ1) is 8.28. The van der Waals surface area contributed by atoms with Crippen LogP contribution in [0.4, 0.5) is 5.69 Å². The molecule has 0 unspecified atom stereocenters. The van der Waals surface area contributed by atoms with Gasteiger partial charge in [0.15, 0.2) is 0 Å². The number of hydrogen-bond acceptors (Lipinski definition) is 3. The van der Waals surface area contributed by atoms with E-state index in [4.69, 9.17) is 0 Å². The Morgan fingerprint density at radius 1 is 1.28 bits per heavy atom. The molecule has 0 aliphatic rings. The zero-order valence-electron chi connectivity index (χ0n) is 10.6. The average Bonchev–Trinajstić information content (AvgIpc) is 2.24. The zero-order chi connectivity index (χ0) is 13.8. The molecule has 0 aliphatic carbocycles. The van der Waals surface area contributed by atoms with E-state index in [-0.39, 0.29) is 17.1 Å². The van der Waals surface area contributed by atoms with E-state index in [2.05, 4.69) is 5.32 Å². The Labute approximate surface area is 106 Å². The number of hydrogen-bond donors (Lipinski definition) is 1. The normalized spacial score (nSPS) is 11.5. The molecular weight excluding hydrogens is 232 g/mol. The van der Waals surface area contributed by atoms with Crippen LogP contribution in [0.1, 0.15) is 26.3 Å². The van der Waals surface area contributed by atoms with Crippen LogP contribution in [0, 0.1) is 10.1 Å². The molecule has 1 aromatic carbocycles. The van der Waals surface area contributed by atoms with Crippen molar-refractivity contribution in [3.8, 4) is 0 Å². The van der Waals surface area contributed by atoms with Gasteiger partial charge in [-0.1, -0.05) is 0 Å². The third-order valence-corrected chi connectivity index (χ3v) is 2.03. The van der Waals surface area contributed by atoms with E-state index in [0.29, 0.717) is 0 Å². The fourth-order valence-corrected chi connectivity index (χ4v) is 1.29. The van der Waals surface area contributed by atoms with Gasteiger partial charge in [-0.3, -0.25) is 14.9 Å². The number of carbonyl (C=O) groups is 1. The van der Waals surface area contributed by atoms with Crippen molar-refractivity contribution in [1.29, 1.82) is 0 Å². The lowest BCUT2D eigenvalue weighted by molar-refractivity contribution is -0.384. The third kappa shape index (κ3) is 4.78. The molecule has 0 aliphatic heterocycles. The highest BCUT2D eigenvalue weighted by Crippen LogP contribution is 2.12. The molecule has 0 fully saturated rings. The van der Waals surface area contributed by atoms with Crippen molar-refractivity contribution in [2.24, 2.45) is 0 Å². The molecule has 96 valence electrons. The van der Waals surface area contributed by atoms with Gasteiger partial charge in [0, 0.05) is 23.7 Å². The summed E-state index contributed by atoms with van der Waals surface area (Å²) in [6.45, 7) is 5.68. The SMILES string of the molecule is CC(C)(C)NC(=O)/C=C/c1ccc([N+](=O)[O-])cc1. The van der Waals surface area contributed by atoms with Crippen LogP contribution in [0.2, 0.25) is 0 Å². The predicted octanol–water partition coefficient (Wildman–Crippen LogP) is 2.52. The van der Waals surface area contributed by atoms with Gasteiger partial charge < -0.3 is 5.32 Å². The molecule has 1 aromatic rings. The molecule has 0 radical (unpaired) electrons. The van der Waals surface area contributed by atoms with E-state index in [1.165, 1.54) is 18.2 Å². The number of nitrogens with one attached hydrogen (secondary N) is 1. The van der Waals surface area contributed by atoms with Gasteiger partial charge in [-0.05, 0) is 44.5 Å². The Bertz CT molecular complexity index is 470. The van der Waals surface area contributed by atoms with E-state index in [0.717, 1.165) is 5.56 Å². The lowest BCUT2D eigenvalue weighted by Gasteiger charge is -2.18. The van der Waals surface area contributed by atoms with Gasteiger partial charge in [0.1, 0.15) is 0 Å². The van der Waals surface area contributed by atoms with Gasteiger partial charge >= 0.3 is 0 Å². The molecule has 0 aromatic heterocycles. The Kier molecular flexibility index (Phi) is 4.20. The molecule has 5 heteroatoms. The maximum Gasteiger partial charge on any atom is 0.269 e. The minimum Gasteiger partial charge on any atom is -0.348 e. The van der Waals surface area contributed by atoms with Crippen molar-refractivity contribution in [3.63, 3.8) is 0 Å². The highest BCUT2D eigenvalue weighted by atomic mass is 16.6. The number of benzene rings is 1. The summed E-state index contributed by atoms with van der Waals surface area (Å²) in [5, 5.41) is 13.2. The monoisotopic (exact) mass is 248 g/mol. The number of nitro benzene ring substituents is 1. The lowest BCUT2D eigenvalue weighted by atomic mass is 10.1. The standard InChI is InChI=1S/C13H16N2O3/c1-13(2,3)14-12(16)9-6-10-4-7-11(8-5-10)15(17)18/h4-9H,1-3H3,(H,14,16)/b9-6+. The molecule has 1 amide bonds. The minimum absolute atomic E-state index is 0.0336. The molecule has 5 nitrogen and oxygen atoms in total. The summed E-state index contributed by atoms with van der Waals surface area (Å²) in [6, 6.07) is 6.00. The summed E-state index contributed by atoms with van der Waals surface area (Å²) in [7, 11) is 0. The smallest absolute Gasteiger partial charge is 0.269 e. The van der Waals surface area contributed by atoms with Gasteiger partial charge in [-0.2, -0.15) is 0 Å². The topological polar surface area (TPSA) is 72.2 Å². The van der Waals surface area contributed by atoms with Gasteiger partial charge in [0.05, 0.1) is 4.92 Å². The summed E-state index contributed by atoms with van der Waals surface area (Å²) in [5.74, 6) is -0.194. The third-order valence-electron chi connectivity index (χ3n) is 2.03. The Morgan fingerprint density at radius 2 is 1.83 bits per heavy atom. The highest BCUT2D eigenvalue weighted by molar-refractivity contribution is 5.92. The van der Waals surface area contributed by atoms with Crippen LogP contribution in [-0.4, -0.2) is 16.4 Å². The van der Waals surface area contributed by atoms with Crippen LogP contribution in [0.5, 0.6) is 0 Å². The molecule has 0 heterocycles. The van der Waals surface area contributed by atoms with Crippen LogP contribution in [0.3, 0.4) is 0 Å². The molecule has 0 spiro atoms. The van der Waals surface area contributed by atoms with Gasteiger partial charge in [0.2, 0.25) is 5.91 Å². The second-order valence-electron chi connectivity index (χ2n) is 4.92. The van der Waals surface area contributed by atoms with Gasteiger partial charge in [-0.25, -0.2) is 0 Å². The second kappa shape index (κ2) is 5.44. The number of nitrogens with zero attached hydrogens (tertiary/aromatic N) is 1. The molecule has 18 heavy (non-hydrogen) atoms. The Balaban J connectivity index is 2.67.